The normalized spacial score (nSPS) is 43.4. The van der Waals surface area contributed by atoms with E-state index in [1.165, 1.54) is 51.6 Å². The summed E-state index contributed by atoms with van der Waals surface area (Å²) in [5.41, 5.74) is 6.64. The van der Waals surface area contributed by atoms with Gasteiger partial charge in [-0.1, -0.05) is 19.8 Å². The van der Waals surface area contributed by atoms with Gasteiger partial charge in [0.15, 0.2) is 0 Å². The fraction of sp³-hybridized carbons (Fsp3) is 1.00. The molecule has 2 nitrogen and oxygen atoms in total. The highest BCUT2D eigenvalue weighted by Gasteiger charge is 2.38. The summed E-state index contributed by atoms with van der Waals surface area (Å²) < 4.78 is 0. The maximum Gasteiger partial charge on any atom is 0.0105 e. The van der Waals surface area contributed by atoms with Crippen LogP contribution in [-0.2, 0) is 0 Å². The third-order valence-electron chi connectivity index (χ3n) is 4.66. The van der Waals surface area contributed by atoms with E-state index >= 15 is 0 Å². The summed E-state index contributed by atoms with van der Waals surface area (Å²) in [7, 11) is 0. The Balaban J connectivity index is 1.94. The van der Waals surface area contributed by atoms with Crippen LogP contribution in [0.2, 0.25) is 0 Å². The molecule has 1 saturated heterocycles. The number of hydrogen-bond donors (Lipinski definition) is 1. The number of piperidine rings is 1. The minimum absolute atomic E-state index is 0.394. The van der Waals surface area contributed by atoms with Gasteiger partial charge in [0.1, 0.15) is 0 Å². The topological polar surface area (TPSA) is 29.3 Å². The van der Waals surface area contributed by atoms with Gasteiger partial charge in [-0.15, -0.1) is 0 Å². The van der Waals surface area contributed by atoms with Crippen LogP contribution in [0, 0.1) is 5.41 Å². The van der Waals surface area contributed by atoms with E-state index in [-0.39, 0.29) is 0 Å². The van der Waals surface area contributed by atoms with Gasteiger partial charge in [0.25, 0.3) is 0 Å². The van der Waals surface area contributed by atoms with E-state index < -0.39 is 0 Å². The average Bonchev–Trinajstić information content (AvgIpc) is 2.51. The predicted octanol–water partition coefficient (Wildman–Crippen LogP) is 2.38. The minimum Gasteiger partial charge on any atom is -0.327 e. The van der Waals surface area contributed by atoms with Crippen molar-refractivity contribution in [2.75, 3.05) is 13.1 Å². The number of hydrogen-bond acceptors (Lipinski definition) is 2. The second-order valence-electron chi connectivity index (χ2n) is 5.97. The van der Waals surface area contributed by atoms with Crippen molar-refractivity contribution >= 4 is 0 Å². The SMILES string of the molecule is CC1CCCCN1CC1(C)CCCC1N. The molecule has 1 aliphatic carbocycles. The Kier molecular flexibility index (Phi) is 3.36. The van der Waals surface area contributed by atoms with Crippen molar-refractivity contribution < 1.29 is 0 Å². The number of nitrogens with two attached hydrogens (primary N) is 1. The second kappa shape index (κ2) is 4.42. The predicted molar refractivity (Wildman–Crippen MR) is 64.8 cm³/mol. The van der Waals surface area contributed by atoms with Crippen LogP contribution in [0.4, 0.5) is 0 Å². The molecule has 0 radical (unpaired) electrons. The zero-order valence-corrected chi connectivity index (χ0v) is 10.3. The molecule has 1 aliphatic heterocycles. The Morgan fingerprint density at radius 1 is 1.27 bits per heavy atom. The Labute approximate surface area is 94.2 Å². The second-order valence-corrected chi connectivity index (χ2v) is 5.97. The van der Waals surface area contributed by atoms with Crippen LogP contribution in [-0.4, -0.2) is 30.1 Å². The van der Waals surface area contributed by atoms with Gasteiger partial charge >= 0.3 is 0 Å². The van der Waals surface area contributed by atoms with E-state index in [0.717, 1.165) is 6.04 Å². The molecule has 0 aromatic rings. The third kappa shape index (κ3) is 2.36. The fourth-order valence-corrected chi connectivity index (χ4v) is 3.31. The monoisotopic (exact) mass is 210 g/mol. The molecule has 0 aromatic heterocycles. The first kappa shape index (κ1) is 11.4. The summed E-state index contributed by atoms with van der Waals surface area (Å²) in [6, 6.07) is 1.22. The van der Waals surface area contributed by atoms with Gasteiger partial charge in [-0.05, 0) is 44.6 Å². The van der Waals surface area contributed by atoms with Crippen LogP contribution in [0.15, 0.2) is 0 Å². The molecular weight excluding hydrogens is 184 g/mol. The van der Waals surface area contributed by atoms with E-state index in [2.05, 4.69) is 18.7 Å². The Bertz CT molecular complexity index is 217. The highest BCUT2D eigenvalue weighted by atomic mass is 15.2. The van der Waals surface area contributed by atoms with Crippen molar-refractivity contribution in [2.45, 2.75) is 64.5 Å². The third-order valence-corrected chi connectivity index (χ3v) is 4.66. The molecule has 1 saturated carbocycles. The van der Waals surface area contributed by atoms with E-state index in [1.807, 2.05) is 0 Å². The summed E-state index contributed by atoms with van der Waals surface area (Å²) in [5, 5.41) is 0. The lowest BCUT2D eigenvalue weighted by molar-refractivity contribution is 0.0913. The Morgan fingerprint density at radius 3 is 2.67 bits per heavy atom. The summed E-state index contributed by atoms with van der Waals surface area (Å²) in [4.78, 5) is 2.68. The molecule has 0 aromatic carbocycles. The van der Waals surface area contributed by atoms with Gasteiger partial charge < -0.3 is 10.6 Å². The zero-order valence-electron chi connectivity index (χ0n) is 10.3. The molecule has 1 heterocycles. The van der Waals surface area contributed by atoms with Crippen LogP contribution in [0.1, 0.15) is 52.4 Å². The summed E-state index contributed by atoms with van der Waals surface area (Å²) in [6.45, 7) is 7.30. The van der Waals surface area contributed by atoms with Gasteiger partial charge in [0.05, 0.1) is 0 Å². The van der Waals surface area contributed by atoms with Crippen LogP contribution in [0.25, 0.3) is 0 Å². The van der Waals surface area contributed by atoms with Gasteiger partial charge in [0, 0.05) is 18.6 Å². The van der Waals surface area contributed by atoms with Crippen LogP contribution < -0.4 is 5.73 Å². The number of likely N-dealkylation sites (tertiary alicyclic amines) is 1. The highest BCUT2D eigenvalue weighted by molar-refractivity contribution is 4.94. The molecule has 0 amide bonds. The molecule has 3 unspecified atom stereocenters. The first-order valence-corrected chi connectivity index (χ1v) is 6.61. The van der Waals surface area contributed by atoms with E-state index in [9.17, 15) is 0 Å². The number of rotatable bonds is 2. The molecule has 15 heavy (non-hydrogen) atoms. The molecule has 2 N–H and O–H groups in total. The minimum atomic E-state index is 0.394. The fourth-order valence-electron chi connectivity index (χ4n) is 3.31. The smallest absolute Gasteiger partial charge is 0.0105 e. The first-order chi connectivity index (χ1) is 7.12. The largest absolute Gasteiger partial charge is 0.327 e. The summed E-state index contributed by atoms with van der Waals surface area (Å²) in [5.74, 6) is 0. The maximum absolute atomic E-state index is 6.25. The quantitative estimate of drug-likeness (QED) is 0.758. The number of nitrogens with zero attached hydrogens (tertiary/aromatic N) is 1. The molecule has 2 heteroatoms. The maximum atomic E-state index is 6.25. The Morgan fingerprint density at radius 2 is 2.07 bits per heavy atom. The molecule has 2 aliphatic rings. The summed E-state index contributed by atoms with van der Waals surface area (Å²) in [6.07, 6.45) is 8.08. The lowest BCUT2D eigenvalue weighted by Crippen LogP contribution is -2.48. The first-order valence-electron chi connectivity index (χ1n) is 6.61. The van der Waals surface area contributed by atoms with E-state index in [1.54, 1.807) is 0 Å². The molecule has 2 rings (SSSR count). The lowest BCUT2D eigenvalue weighted by Gasteiger charge is -2.41. The van der Waals surface area contributed by atoms with Crippen LogP contribution in [0.3, 0.4) is 0 Å². The van der Waals surface area contributed by atoms with Crippen molar-refractivity contribution in [3.05, 3.63) is 0 Å². The molecule has 2 fully saturated rings. The molecule has 0 bridgehead atoms. The van der Waals surface area contributed by atoms with Crippen LogP contribution in [0.5, 0.6) is 0 Å². The van der Waals surface area contributed by atoms with Crippen molar-refractivity contribution in [3.63, 3.8) is 0 Å². The zero-order chi connectivity index (χ0) is 10.9. The van der Waals surface area contributed by atoms with Crippen molar-refractivity contribution in [2.24, 2.45) is 11.1 Å². The van der Waals surface area contributed by atoms with E-state index in [0.29, 0.717) is 11.5 Å². The highest BCUT2D eigenvalue weighted by Crippen LogP contribution is 2.38. The van der Waals surface area contributed by atoms with Crippen LogP contribution >= 0.6 is 0 Å². The van der Waals surface area contributed by atoms with Crippen molar-refractivity contribution in [3.8, 4) is 0 Å². The average molecular weight is 210 g/mol. The molecular formula is C13H26N2. The lowest BCUT2D eigenvalue weighted by atomic mass is 9.83. The van der Waals surface area contributed by atoms with Crippen molar-refractivity contribution in [1.29, 1.82) is 0 Å². The van der Waals surface area contributed by atoms with Gasteiger partial charge in [-0.25, -0.2) is 0 Å². The standard InChI is InChI=1S/C13H26N2/c1-11-6-3-4-9-15(11)10-13(2)8-5-7-12(13)14/h11-12H,3-10,14H2,1-2H3. The Hall–Kier alpha value is -0.0800. The van der Waals surface area contributed by atoms with Crippen molar-refractivity contribution in [1.82, 2.24) is 4.90 Å². The van der Waals surface area contributed by atoms with Gasteiger partial charge in [0.2, 0.25) is 0 Å². The van der Waals surface area contributed by atoms with Gasteiger partial charge in [-0.3, -0.25) is 0 Å². The molecule has 88 valence electrons. The molecule has 3 atom stereocenters. The van der Waals surface area contributed by atoms with Gasteiger partial charge in [-0.2, -0.15) is 0 Å². The molecule has 0 spiro atoms. The summed E-state index contributed by atoms with van der Waals surface area (Å²) >= 11 is 0. The van der Waals surface area contributed by atoms with E-state index in [4.69, 9.17) is 5.73 Å².